The quantitative estimate of drug-likeness (QED) is 0.0304. The highest BCUT2D eigenvalue weighted by Gasteiger charge is 2.19. The van der Waals surface area contributed by atoms with Gasteiger partial charge in [-0.05, 0) is 403 Å². The molecule has 0 heterocycles. The zero-order chi connectivity index (χ0) is 88.5. The average Bonchev–Trinajstić information content (AvgIpc) is 0.960. The molecule has 0 aliphatic carbocycles. The highest BCUT2D eigenvalue weighted by Crippen LogP contribution is 2.12. The van der Waals surface area contributed by atoms with Gasteiger partial charge < -0.3 is 136 Å². The minimum atomic E-state index is 0.559. The molecule has 30 heteroatoms. The molecule has 0 rings (SSSR count). The van der Waals surface area contributed by atoms with Crippen LogP contribution in [0.1, 0.15) is 154 Å². The largest absolute Gasteiger partial charge is 0.330 e. The Morgan fingerprint density at radius 3 is 0.222 bits per heavy atom. The SMILES string of the molecule is C=C.C=C.C=C.C=C.C=C.NCCCN(CN)CCCN(CCCN(CN)CCCN)CCCN(CCCN(CCCN(CN)CCCN)CCCN(CCCN)CCCN)CCCN(CCCN(CCCN(CN)CCCN)CCCN(CCCN)CCCN)CCCN(CCCN(CN)CCCN)CCCN(CCCN)CCCN. The van der Waals surface area contributed by atoms with E-state index in [0.717, 1.165) is 396 Å². The van der Waals surface area contributed by atoms with Crippen molar-refractivity contribution in [1.82, 2.24) is 68.6 Å². The van der Waals surface area contributed by atoms with Crippen LogP contribution in [0.3, 0.4) is 0 Å². The summed E-state index contributed by atoms with van der Waals surface area (Å²) in [6.07, 6.45) is 25.2. The Kier molecular flexibility index (Phi) is 113. The van der Waals surface area contributed by atoms with Gasteiger partial charge in [0, 0.05) is 98.8 Å². The summed E-state index contributed by atoms with van der Waals surface area (Å²) in [4.78, 5) is 36.2. The molecule has 0 aliphatic heterocycles. The highest BCUT2D eigenvalue weighted by molar-refractivity contribution is 4.75. The van der Waals surface area contributed by atoms with Crippen molar-refractivity contribution in [3.8, 4) is 0 Å². The van der Waals surface area contributed by atoms with Gasteiger partial charge in [0.15, 0.2) is 0 Å². The van der Waals surface area contributed by atoms with E-state index >= 15 is 0 Å². The van der Waals surface area contributed by atoms with Gasteiger partial charge in [-0.1, -0.05) is 0 Å². The monoisotopic (exact) mass is 1670 g/mol. The topological polar surface area (TPSA) is 462 Å². The molecule has 0 amide bonds. The first kappa shape index (κ1) is 125. The highest BCUT2D eigenvalue weighted by atomic mass is 15.2. The van der Waals surface area contributed by atoms with E-state index in [4.69, 9.17) is 91.7 Å². The van der Waals surface area contributed by atoms with Crippen LogP contribution in [0.4, 0.5) is 0 Å². The smallest absolute Gasteiger partial charge is 0.0455 e. The Morgan fingerprint density at radius 2 is 0.154 bits per heavy atom. The molecule has 0 aliphatic rings. The van der Waals surface area contributed by atoms with E-state index in [0.29, 0.717) is 105 Å². The zero-order valence-electron chi connectivity index (χ0n) is 77.0. The minimum absolute atomic E-state index is 0.559. The molecule has 30 nitrogen and oxygen atoms in total. The summed E-state index contributed by atoms with van der Waals surface area (Å²) in [5.41, 5.74) is 97.5. The lowest BCUT2D eigenvalue weighted by Crippen LogP contribution is -2.39. The number of hydrogen-bond acceptors (Lipinski definition) is 30. The van der Waals surface area contributed by atoms with Crippen LogP contribution in [-0.2, 0) is 0 Å². The first-order valence-electron chi connectivity index (χ1n) is 46.3. The van der Waals surface area contributed by atoms with Crippen LogP contribution in [0.25, 0.3) is 0 Å². The van der Waals surface area contributed by atoms with Gasteiger partial charge in [0.25, 0.3) is 0 Å². The lowest BCUT2D eigenvalue weighted by atomic mass is 10.2. The van der Waals surface area contributed by atoms with Crippen molar-refractivity contribution in [1.29, 1.82) is 0 Å². The molecule has 117 heavy (non-hydrogen) atoms. The summed E-state index contributed by atoms with van der Waals surface area (Å²) in [6.45, 7) is 78.6. The molecule has 0 saturated carbocycles. The molecule has 0 aromatic heterocycles. The first-order valence-corrected chi connectivity index (χ1v) is 46.3. The van der Waals surface area contributed by atoms with E-state index in [9.17, 15) is 0 Å². The predicted molar refractivity (Wildman–Crippen MR) is 518 cm³/mol. The molecule has 0 aromatic carbocycles. The molecular formula is C87H206N30. The van der Waals surface area contributed by atoms with E-state index in [1.54, 1.807) is 0 Å². The second kappa shape index (κ2) is 106. The van der Waals surface area contributed by atoms with Gasteiger partial charge in [0.1, 0.15) is 0 Å². The maximum atomic E-state index is 6.30. The Morgan fingerprint density at radius 1 is 0.0940 bits per heavy atom. The summed E-state index contributed by atoms with van der Waals surface area (Å²) >= 11 is 0. The lowest BCUT2D eigenvalue weighted by molar-refractivity contribution is 0.168. The Balaban J connectivity index is -0.00000295. The third-order valence-corrected chi connectivity index (χ3v) is 21.1. The fourth-order valence-electron chi connectivity index (χ4n) is 14.7. The molecule has 0 aromatic rings. The van der Waals surface area contributed by atoms with Crippen LogP contribution in [0.5, 0.6) is 0 Å². The molecule has 0 spiro atoms. The number of nitrogens with two attached hydrogens (primary N) is 16. The molecule has 0 atom stereocenters. The maximum absolute atomic E-state index is 6.30. The van der Waals surface area contributed by atoms with Gasteiger partial charge in [-0.15, -0.1) is 65.8 Å². The maximum Gasteiger partial charge on any atom is 0.0455 e. The van der Waals surface area contributed by atoms with Crippen molar-refractivity contribution in [3.63, 3.8) is 0 Å². The molecule has 0 bridgehead atoms. The molecule has 0 saturated heterocycles. The van der Waals surface area contributed by atoms with Crippen LogP contribution in [-0.4, -0.2) is 416 Å². The van der Waals surface area contributed by atoms with Gasteiger partial charge in [-0.3, -0.25) is 24.5 Å². The predicted octanol–water partition coefficient (Wildman–Crippen LogP) is 1.71. The summed E-state index contributed by atoms with van der Waals surface area (Å²) in [5, 5.41) is 0. The average molecular weight is 1670 g/mol. The van der Waals surface area contributed by atoms with E-state index in [1.165, 1.54) is 0 Å². The van der Waals surface area contributed by atoms with Gasteiger partial charge in [-0.25, -0.2) is 0 Å². The van der Waals surface area contributed by atoms with Crippen LogP contribution in [0, 0.1) is 0 Å². The van der Waals surface area contributed by atoms with Gasteiger partial charge in [0.05, 0.1) is 0 Å². The molecule has 0 unspecified atom stereocenters. The van der Waals surface area contributed by atoms with Crippen LogP contribution in [0.2, 0.25) is 0 Å². The third kappa shape index (κ3) is 84.1. The zero-order valence-corrected chi connectivity index (χ0v) is 77.0. The first-order chi connectivity index (χ1) is 57.5. The van der Waals surface area contributed by atoms with E-state index in [1.807, 2.05) is 0 Å². The summed E-state index contributed by atoms with van der Waals surface area (Å²) < 4.78 is 0. The number of hydrogen-bond donors (Lipinski definition) is 16. The van der Waals surface area contributed by atoms with Gasteiger partial charge >= 0.3 is 0 Å². The Labute approximate surface area is 724 Å². The molecule has 32 N–H and O–H groups in total. The standard InChI is InChI=1S/C77H186N30.5C2H4/c78-25-1-36-94(37-2-26-79)47-12-50-99(63-20-68-103(73-89)42-7-31-84)59-16-55-97(56-17-60-100(64-21-69-104(74-90)43-8-32-85)51-13-48-95(38-3-27-80)39-4-28-81)53-15-54-98(58-19-62-102(66-23-71-106(76-92)45-10-34-87)67-24-72-107(77-93)46-11-35-88)57-18-61-101(65-22-70-105(75-91)44-9-33-86)52-14-49-96(40-5-29-82)41-6-30-83;5*1-2/h1-93H2;5*1-2H2. The lowest BCUT2D eigenvalue weighted by Gasteiger charge is -2.31. The normalized spacial score (nSPS) is 11.7. The molecular weight excluding hydrogens is 1470 g/mol. The van der Waals surface area contributed by atoms with Gasteiger partial charge in [-0.2, -0.15) is 0 Å². The second-order valence-corrected chi connectivity index (χ2v) is 30.2. The number of rotatable bonds is 90. The van der Waals surface area contributed by atoms with Crippen molar-refractivity contribution in [2.45, 2.75) is 154 Å². The minimum Gasteiger partial charge on any atom is -0.330 e. The van der Waals surface area contributed by atoms with Crippen molar-refractivity contribution < 1.29 is 0 Å². The van der Waals surface area contributed by atoms with Crippen molar-refractivity contribution in [3.05, 3.63) is 65.8 Å². The fourth-order valence-corrected chi connectivity index (χ4v) is 14.7. The fraction of sp³-hybridized carbons (Fsp3) is 0.885. The summed E-state index contributed by atoms with van der Waals surface area (Å²) in [6, 6.07) is 0. The Hall–Kier alpha value is -2.50. The third-order valence-electron chi connectivity index (χ3n) is 21.1. The van der Waals surface area contributed by atoms with Gasteiger partial charge in [0.2, 0.25) is 0 Å². The Bertz CT molecular complexity index is 1710. The van der Waals surface area contributed by atoms with E-state index < -0.39 is 0 Å². The van der Waals surface area contributed by atoms with Crippen molar-refractivity contribution >= 4 is 0 Å². The van der Waals surface area contributed by atoms with E-state index in [-0.39, 0.29) is 0 Å². The second-order valence-electron chi connectivity index (χ2n) is 30.2. The summed E-state index contributed by atoms with van der Waals surface area (Å²) in [5.74, 6) is 0. The molecule has 0 fully saturated rings. The van der Waals surface area contributed by atoms with Crippen molar-refractivity contribution in [2.75, 3.05) is 347 Å². The molecule has 0 radical (unpaired) electrons. The van der Waals surface area contributed by atoms with Crippen LogP contribution in [0.15, 0.2) is 65.8 Å². The molecule has 704 valence electrons. The number of nitrogens with zero attached hydrogens (tertiary/aromatic N) is 14. The van der Waals surface area contributed by atoms with E-state index in [2.05, 4.69) is 134 Å². The van der Waals surface area contributed by atoms with Crippen LogP contribution >= 0.6 is 0 Å². The summed E-state index contributed by atoms with van der Waals surface area (Å²) in [7, 11) is 0. The van der Waals surface area contributed by atoms with Crippen molar-refractivity contribution in [2.24, 2.45) is 91.7 Å². The van der Waals surface area contributed by atoms with Crippen LogP contribution < -0.4 is 91.7 Å².